The maximum absolute atomic E-state index is 5.62. The van der Waals surface area contributed by atoms with Crippen molar-refractivity contribution >= 4 is 17.6 Å². The van der Waals surface area contributed by atoms with Gasteiger partial charge in [0.2, 0.25) is 0 Å². The van der Waals surface area contributed by atoms with Crippen LogP contribution >= 0.6 is 11.8 Å². The lowest BCUT2D eigenvalue weighted by atomic mass is 10.4. The number of thioether (sulfide) groups is 1. The van der Waals surface area contributed by atoms with Crippen LogP contribution in [0.25, 0.3) is 0 Å². The number of hydrogen-bond donors (Lipinski definition) is 1. The predicted molar refractivity (Wildman–Crippen MR) is 60.6 cm³/mol. The standard InChI is InChI=1S/C10H15N3OS/c1-7-4-9(11)13-10(12-7)15-6-14-5-8-2-3-8/h4,8H,2-3,5-6H2,1H3,(H2,11,12,13). The third-order valence-electron chi connectivity index (χ3n) is 2.18. The summed E-state index contributed by atoms with van der Waals surface area (Å²) in [5.74, 6) is 1.93. The van der Waals surface area contributed by atoms with Gasteiger partial charge in [0.05, 0.1) is 12.5 Å². The van der Waals surface area contributed by atoms with Gasteiger partial charge in [-0.2, -0.15) is 0 Å². The fourth-order valence-electron chi connectivity index (χ4n) is 1.22. The molecule has 82 valence electrons. The highest BCUT2D eigenvalue weighted by atomic mass is 32.2. The summed E-state index contributed by atoms with van der Waals surface area (Å²) in [6.45, 7) is 2.78. The molecule has 0 radical (unpaired) electrons. The second-order valence-electron chi connectivity index (χ2n) is 3.79. The van der Waals surface area contributed by atoms with Crippen LogP contribution in [0.2, 0.25) is 0 Å². The second kappa shape index (κ2) is 4.81. The van der Waals surface area contributed by atoms with Crippen LogP contribution in [0, 0.1) is 12.8 Å². The molecule has 1 heterocycles. The van der Waals surface area contributed by atoms with Gasteiger partial charge in [0.25, 0.3) is 0 Å². The largest absolute Gasteiger partial charge is 0.384 e. The van der Waals surface area contributed by atoms with Crippen LogP contribution in [0.5, 0.6) is 0 Å². The molecule has 1 aliphatic rings. The highest BCUT2D eigenvalue weighted by Gasteiger charge is 2.21. The summed E-state index contributed by atoms with van der Waals surface area (Å²) < 4.78 is 5.48. The highest BCUT2D eigenvalue weighted by molar-refractivity contribution is 7.99. The van der Waals surface area contributed by atoms with Crippen LogP contribution in [-0.4, -0.2) is 22.5 Å². The molecule has 0 aromatic carbocycles. The summed E-state index contributed by atoms with van der Waals surface area (Å²) in [5.41, 5.74) is 6.51. The molecule has 0 saturated heterocycles. The summed E-state index contributed by atoms with van der Waals surface area (Å²) in [5, 5.41) is 0.697. The van der Waals surface area contributed by atoms with Crippen molar-refractivity contribution in [3.8, 4) is 0 Å². The van der Waals surface area contributed by atoms with Crippen molar-refractivity contribution in [1.29, 1.82) is 0 Å². The van der Waals surface area contributed by atoms with E-state index in [0.717, 1.165) is 18.2 Å². The minimum atomic E-state index is 0.521. The van der Waals surface area contributed by atoms with Gasteiger partial charge in [0.1, 0.15) is 5.82 Å². The summed E-state index contributed by atoms with van der Waals surface area (Å²) >= 11 is 1.49. The Balaban J connectivity index is 1.76. The molecule has 2 N–H and O–H groups in total. The smallest absolute Gasteiger partial charge is 0.191 e. The molecule has 1 saturated carbocycles. The van der Waals surface area contributed by atoms with Gasteiger partial charge in [-0.05, 0) is 25.7 Å². The van der Waals surface area contributed by atoms with Gasteiger partial charge < -0.3 is 10.5 Å². The Morgan fingerprint density at radius 1 is 1.53 bits per heavy atom. The number of aryl methyl sites for hydroxylation is 1. The third-order valence-corrected chi connectivity index (χ3v) is 2.90. The second-order valence-corrected chi connectivity index (χ2v) is 4.68. The normalized spacial score (nSPS) is 15.5. The van der Waals surface area contributed by atoms with E-state index in [1.165, 1.54) is 24.6 Å². The average molecular weight is 225 g/mol. The van der Waals surface area contributed by atoms with Crippen molar-refractivity contribution in [1.82, 2.24) is 9.97 Å². The zero-order chi connectivity index (χ0) is 10.7. The van der Waals surface area contributed by atoms with E-state index in [0.29, 0.717) is 16.9 Å². The number of nitrogens with zero attached hydrogens (tertiary/aromatic N) is 2. The number of rotatable bonds is 5. The lowest BCUT2D eigenvalue weighted by molar-refractivity contribution is 0.171. The molecule has 1 fully saturated rings. The van der Waals surface area contributed by atoms with E-state index < -0.39 is 0 Å². The maximum Gasteiger partial charge on any atom is 0.191 e. The van der Waals surface area contributed by atoms with Gasteiger partial charge in [0, 0.05) is 11.8 Å². The van der Waals surface area contributed by atoms with E-state index in [-0.39, 0.29) is 0 Å². The summed E-state index contributed by atoms with van der Waals surface area (Å²) in [6.07, 6.45) is 2.64. The quantitative estimate of drug-likeness (QED) is 0.358. The summed E-state index contributed by atoms with van der Waals surface area (Å²) in [4.78, 5) is 8.37. The minimum absolute atomic E-state index is 0.521. The number of hydrogen-bond acceptors (Lipinski definition) is 5. The topological polar surface area (TPSA) is 61.0 Å². The van der Waals surface area contributed by atoms with Gasteiger partial charge in [-0.15, -0.1) is 0 Å². The molecule has 0 bridgehead atoms. The Bertz CT molecular complexity index is 321. The molecule has 1 aliphatic carbocycles. The van der Waals surface area contributed by atoms with Crippen molar-refractivity contribution < 1.29 is 4.74 Å². The molecule has 15 heavy (non-hydrogen) atoms. The third kappa shape index (κ3) is 3.68. The van der Waals surface area contributed by atoms with E-state index in [1.54, 1.807) is 6.07 Å². The first-order valence-corrected chi connectivity index (χ1v) is 6.04. The molecule has 1 aromatic heterocycles. The maximum atomic E-state index is 5.62. The van der Waals surface area contributed by atoms with E-state index in [2.05, 4.69) is 9.97 Å². The van der Waals surface area contributed by atoms with Crippen LogP contribution in [0.3, 0.4) is 0 Å². The number of ether oxygens (including phenoxy) is 1. The van der Waals surface area contributed by atoms with Crippen molar-refractivity contribution in [2.45, 2.75) is 24.9 Å². The Hall–Kier alpha value is -0.810. The Morgan fingerprint density at radius 2 is 2.33 bits per heavy atom. The first-order valence-electron chi connectivity index (χ1n) is 5.06. The fourth-order valence-corrected chi connectivity index (χ4v) is 1.89. The molecule has 0 spiro atoms. The van der Waals surface area contributed by atoms with Gasteiger partial charge in [-0.1, -0.05) is 11.8 Å². The molecule has 0 aliphatic heterocycles. The average Bonchev–Trinajstić information content (AvgIpc) is 2.94. The van der Waals surface area contributed by atoms with Gasteiger partial charge in [-0.25, -0.2) is 9.97 Å². The molecule has 0 amide bonds. The first kappa shape index (κ1) is 10.7. The molecular weight excluding hydrogens is 210 g/mol. The van der Waals surface area contributed by atoms with Crippen molar-refractivity contribution in [3.05, 3.63) is 11.8 Å². The Morgan fingerprint density at radius 3 is 3.00 bits per heavy atom. The molecule has 4 nitrogen and oxygen atoms in total. The van der Waals surface area contributed by atoms with E-state index >= 15 is 0 Å². The molecule has 5 heteroatoms. The fraction of sp³-hybridized carbons (Fsp3) is 0.600. The molecular formula is C10H15N3OS. The van der Waals surface area contributed by atoms with Gasteiger partial charge >= 0.3 is 0 Å². The zero-order valence-corrected chi connectivity index (χ0v) is 9.59. The number of nitrogens with two attached hydrogens (primary N) is 1. The lowest BCUT2D eigenvalue weighted by Gasteiger charge is -2.03. The van der Waals surface area contributed by atoms with E-state index in [4.69, 9.17) is 10.5 Å². The lowest BCUT2D eigenvalue weighted by Crippen LogP contribution is -1.99. The molecule has 0 atom stereocenters. The Kier molecular flexibility index (Phi) is 3.43. The predicted octanol–water partition coefficient (Wildman–Crippen LogP) is 1.84. The van der Waals surface area contributed by atoms with Crippen molar-refractivity contribution in [2.24, 2.45) is 5.92 Å². The van der Waals surface area contributed by atoms with Crippen molar-refractivity contribution in [2.75, 3.05) is 18.3 Å². The summed E-state index contributed by atoms with van der Waals surface area (Å²) in [6, 6.07) is 1.76. The Labute approximate surface area is 93.6 Å². The van der Waals surface area contributed by atoms with Crippen LogP contribution in [0.4, 0.5) is 5.82 Å². The minimum Gasteiger partial charge on any atom is -0.384 e. The SMILES string of the molecule is Cc1cc(N)nc(SCOCC2CC2)n1. The number of nitrogen functional groups attached to an aromatic ring is 1. The molecule has 0 unspecified atom stereocenters. The van der Waals surface area contributed by atoms with Crippen LogP contribution in [0.15, 0.2) is 11.2 Å². The molecule has 1 aromatic rings. The molecule has 2 rings (SSSR count). The van der Waals surface area contributed by atoms with Crippen molar-refractivity contribution in [3.63, 3.8) is 0 Å². The zero-order valence-electron chi connectivity index (χ0n) is 8.77. The highest BCUT2D eigenvalue weighted by Crippen LogP contribution is 2.29. The monoisotopic (exact) mass is 225 g/mol. The van der Waals surface area contributed by atoms with Crippen LogP contribution in [0.1, 0.15) is 18.5 Å². The van der Waals surface area contributed by atoms with Crippen LogP contribution < -0.4 is 5.73 Å². The first-order chi connectivity index (χ1) is 7.24. The summed E-state index contributed by atoms with van der Waals surface area (Å²) in [7, 11) is 0. The van der Waals surface area contributed by atoms with E-state index in [9.17, 15) is 0 Å². The van der Waals surface area contributed by atoms with E-state index in [1.807, 2.05) is 6.92 Å². The number of anilines is 1. The van der Waals surface area contributed by atoms with Gasteiger partial charge in [0.15, 0.2) is 5.16 Å². The van der Waals surface area contributed by atoms with Gasteiger partial charge in [-0.3, -0.25) is 0 Å². The number of aromatic nitrogens is 2. The van der Waals surface area contributed by atoms with Crippen LogP contribution in [-0.2, 0) is 4.74 Å².